The van der Waals surface area contributed by atoms with Crippen molar-refractivity contribution in [3.63, 3.8) is 0 Å². The average molecular weight is 601 g/mol. The minimum absolute atomic E-state index is 0.0406. The number of amides is 1. The van der Waals surface area contributed by atoms with Crippen LogP contribution in [0.25, 0.3) is 11.3 Å². The van der Waals surface area contributed by atoms with E-state index in [2.05, 4.69) is 20.6 Å². The van der Waals surface area contributed by atoms with E-state index >= 15 is 0 Å². The first kappa shape index (κ1) is 29.4. The summed E-state index contributed by atoms with van der Waals surface area (Å²) in [5, 5.41) is 24.9. The molecule has 40 heavy (non-hydrogen) atoms. The van der Waals surface area contributed by atoms with Gasteiger partial charge in [-0.2, -0.15) is 13.2 Å². The number of aromatic nitrogens is 2. The van der Waals surface area contributed by atoms with Crippen molar-refractivity contribution < 1.29 is 28.4 Å². The highest BCUT2D eigenvalue weighted by atomic mass is 35.5. The lowest BCUT2D eigenvalue weighted by molar-refractivity contribution is -0.150. The number of pyridine rings is 2. The molecular weight excluding hydrogens is 576 g/mol. The molecule has 1 aliphatic heterocycles. The van der Waals surface area contributed by atoms with Crippen LogP contribution in [0, 0.1) is 0 Å². The maximum Gasteiger partial charge on any atom is 0.401 e. The molecule has 1 aromatic carbocycles. The van der Waals surface area contributed by atoms with Crippen molar-refractivity contribution in [1.29, 1.82) is 0 Å². The highest BCUT2D eigenvalue weighted by Crippen LogP contribution is 2.37. The fourth-order valence-corrected chi connectivity index (χ4v) is 4.63. The summed E-state index contributed by atoms with van der Waals surface area (Å²) in [6.07, 6.45) is -4.40. The fourth-order valence-electron chi connectivity index (χ4n) is 4.13. The van der Waals surface area contributed by atoms with Crippen LogP contribution >= 0.6 is 23.2 Å². The van der Waals surface area contributed by atoms with E-state index in [1.807, 2.05) is 0 Å². The second-order valence-electron chi connectivity index (χ2n) is 8.80. The lowest BCUT2D eigenvalue weighted by atomic mass is 10.1. The van der Waals surface area contributed by atoms with Crippen LogP contribution in [0.5, 0.6) is 0 Å². The SMILES string of the molecule is Nc1nc(NCCNc2ccc(N3CCN(CC(F)(F)F)CC3=O)c(-c3ccc(Cl)cc3Cl)n2)ccc1N(O)O. The Kier molecular flexibility index (Phi) is 9.05. The van der Waals surface area contributed by atoms with Gasteiger partial charge in [0.1, 0.15) is 17.3 Å². The Morgan fingerprint density at radius 1 is 1.00 bits per heavy atom. The van der Waals surface area contributed by atoms with E-state index in [-0.39, 0.29) is 36.4 Å². The van der Waals surface area contributed by atoms with Crippen molar-refractivity contribution in [2.75, 3.05) is 65.8 Å². The molecule has 3 aromatic rings. The number of nitrogens with two attached hydrogens (primary N) is 1. The number of anilines is 5. The van der Waals surface area contributed by atoms with Crippen LogP contribution in [0.1, 0.15) is 0 Å². The molecule has 3 heterocycles. The number of nitrogen functional groups attached to an aromatic ring is 1. The summed E-state index contributed by atoms with van der Waals surface area (Å²) in [4.78, 5) is 24.1. The van der Waals surface area contributed by atoms with Crippen LogP contribution in [0.4, 0.5) is 42.0 Å². The van der Waals surface area contributed by atoms with Crippen molar-refractivity contribution in [1.82, 2.24) is 14.9 Å². The number of halogens is 5. The number of piperazine rings is 1. The number of carbonyl (C=O) groups excluding carboxylic acids is 1. The van der Waals surface area contributed by atoms with E-state index in [1.54, 1.807) is 24.3 Å². The number of rotatable bonds is 9. The molecule has 6 N–H and O–H groups in total. The summed E-state index contributed by atoms with van der Waals surface area (Å²) >= 11 is 12.5. The molecule has 0 radical (unpaired) electrons. The van der Waals surface area contributed by atoms with E-state index in [1.165, 1.54) is 23.1 Å². The summed E-state index contributed by atoms with van der Waals surface area (Å²) in [5.74, 6) is 0.286. The third-order valence-corrected chi connectivity index (χ3v) is 6.46. The minimum Gasteiger partial charge on any atom is -0.382 e. The molecular formula is C24H25Cl2F3N8O3. The monoisotopic (exact) mass is 600 g/mol. The fraction of sp³-hybridized carbons (Fsp3) is 0.292. The Balaban J connectivity index is 1.50. The minimum atomic E-state index is -4.40. The number of carbonyl (C=O) groups is 1. The second kappa shape index (κ2) is 12.3. The summed E-state index contributed by atoms with van der Waals surface area (Å²) in [5.41, 5.74) is 6.89. The van der Waals surface area contributed by atoms with E-state index in [0.717, 1.165) is 4.90 Å². The zero-order chi connectivity index (χ0) is 29.0. The van der Waals surface area contributed by atoms with Crippen LogP contribution in [0.3, 0.4) is 0 Å². The van der Waals surface area contributed by atoms with E-state index in [0.29, 0.717) is 51.7 Å². The quantitative estimate of drug-likeness (QED) is 0.177. The molecule has 11 nitrogen and oxygen atoms in total. The van der Waals surface area contributed by atoms with Gasteiger partial charge in [-0.15, -0.1) is 5.23 Å². The second-order valence-corrected chi connectivity index (χ2v) is 9.65. The highest BCUT2D eigenvalue weighted by Gasteiger charge is 2.35. The summed E-state index contributed by atoms with van der Waals surface area (Å²) in [6.45, 7) is -0.694. The van der Waals surface area contributed by atoms with Gasteiger partial charge in [0.05, 0.1) is 29.5 Å². The molecule has 0 spiro atoms. The van der Waals surface area contributed by atoms with Gasteiger partial charge in [0, 0.05) is 36.8 Å². The normalized spacial score (nSPS) is 14.4. The molecule has 0 saturated carbocycles. The maximum atomic E-state index is 12.9. The molecule has 4 rings (SSSR count). The number of hydrogen-bond donors (Lipinski definition) is 5. The molecule has 0 aliphatic carbocycles. The number of alkyl halides is 3. The van der Waals surface area contributed by atoms with Gasteiger partial charge in [-0.25, -0.2) is 9.97 Å². The Morgan fingerprint density at radius 3 is 2.27 bits per heavy atom. The van der Waals surface area contributed by atoms with E-state index < -0.39 is 18.6 Å². The van der Waals surface area contributed by atoms with Crippen LogP contribution < -0.4 is 26.5 Å². The van der Waals surface area contributed by atoms with Crippen molar-refractivity contribution in [3.05, 3.63) is 52.5 Å². The number of benzene rings is 1. The van der Waals surface area contributed by atoms with Crippen molar-refractivity contribution >= 4 is 57.9 Å². The third-order valence-electron chi connectivity index (χ3n) is 5.91. The Morgan fingerprint density at radius 2 is 1.68 bits per heavy atom. The molecule has 1 saturated heterocycles. The van der Waals surface area contributed by atoms with Crippen molar-refractivity contribution in [3.8, 4) is 11.3 Å². The molecule has 214 valence electrons. The first-order chi connectivity index (χ1) is 18.9. The first-order valence-electron chi connectivity index (χ1n) is 11.9. The number of nitrogens with one attached hydrogen (secondary N) is 2. The molecule has 0 atom stereocenters. The average Bonchev–Trinajstić information content (AvgIpc) is 2.86. The third kappa shape index (κ3) is 7.34. The number of hydrogen-bond acceptors (Lipinski definition) is 10. The molecule has 1 aliphatic rings. The first-order valence-corrected chi connectivity index (χ1v) is 12.6. The van der Waals surface area contributed by atoms with Crippen LogP contribution in [0.15, 0.2) is 42.5 Å². The van der Waals surface area contributed by atoms with Gasteiger partial charge in [-0.1, -0.05) is 23.2 Å². The van der Waals surface area contributed by atoms with Crippen LogP contribution in [-0.2, 0) is 4.79 Å². The zero-order valence-corrected chi connectivity index (χ0v) is 22.3. The zero-order valence-electron chi connectivity index (χ0n) is 20.8. The summed E-state index contributed by atoms with van der Waals surface area (Å²) < 4.78 is 38.5. The van der Waals surface area contributed by atoms with Gasteiger partial charge in [-0.05, 0) is 42.5 Å². The van der Waals surface area contributed by atoms with Gasteiger partial charge < -0.3 is 21.3 Å². The molecule has 1 amide bonds. The van der Waals surface area contributed by atoms with Crippen molar-refractivity contribution in [2.45, 2.75) is 6.18 Å². The predicted octanol–water partition coefficient (Wildman–Crippen LogP) is 4.35. The van der Waals surface area contributed by atoms with Gasteiger partial charge in [0.2, 0.25) is 5.91 Å². The largest absolute Gasteiger partial charge is 0.401 e. The maximum absolute atomic E-state index is 12.9. The van der Waals surface area contributed by atoms with Crippen LogP contribution in [-0.4, -0.2) is 76.6 Å². The molecule has 1 fully saturated rings. The molecule has 2 aromatic heterocycles. The Labute approximate surface area is 236 Å². The standard InChI is InChI=1S/C24H25Cl2F3N8O3/c25-14-1-2-15(16(26)11-14)22-17(36-10-9-35(12-21(36)38)13-24(27,28)29)3-5-19(33-22)31-7-8-32-20-6-4-18(37(39)40)23(30)34-20/h1-6,11,39-40H,7-10,12-13H2,(H,31,33)(H3,30,32,34). The lowest BCUT2D eigenvalue weighted by Crippen LogP contribution is -2.52. The summed E-state index contributed by atoms with van der Waals surface area (Å²) in [7, 11) is 0. The predicted molar refractivity (Wildman–Crippen MR) is 146 cm³/mol. The van der Waals surface area contributed by atoms with E-state index in [4.69, 9.17) is 39.4 Å². The molecule has 16 heteroatoms. The van der Waals surface area contributed by atoms with Gasteiger partial charge in [-0.3, -0.25) is 20.1 Å². The van der Waals surface area contributed by atoms with E-state index in [9.17, 15) is 18.0 Å². The van der Waals surface area contributed by atoms with Crippen molar-refractivity contribution in [2.24, 2.45) is 0 Å². The molecule has 0 bridgehead atoms. The van der Waals surface area contributed by atoms with Gasteiger partial charge in [0.15, 0.2) is 5.82 Å². The van der Waals surface area contributed by atoms with Gasteiger partial charge >= 0.3 is 6.18 Å². The van der Waals surface area contributed by atoms with Gasteiger partial charge in [0.25, 0.3) is 0 Å². The Hall–Kier alpha value is -3.56. The lowest BCUT2D eigenvalue weighted by Gasteiger charge is -2.35. The topological polar surface area (TPSA) is 143 Å². The molecule has 0 unspecified atom stereocenters. The Bertz CT molecular complexity index is 1380. The van der Waals surface area contributed by atoms with Crippen LogP contribution in [0.2, 0.25) is 10.0 Å². The highest BCUT2D eigenvalue weighted by molar-refractivity contribution is 6.36. The summed E-state index contributed by atoms with van der Waals surface area (Å²) in [6, 6.07) is 11.0. The number of nitrogens with zero attached hydrogens (tertiary/aromatic N) is 5. The smallest absolute Gasteiger partial charge is 0.382 e.